The first kappa shape index (κ1) is 14.5. The van der Waals surface area contributed by atoms with E-state index >= 15 is 0 Å². The molecule has 0 unspecified atom stereocenters. The van der Waals surface area contributed by atoms with Crippen LogP contribution in [0.25, 0.3) is 0 Å². The third-order valence-corrected chi connectivity index (χ3v) is 3.78. The van der Waals surface area contributed by atoms with Crippen LogP contribution < -0.4 is 10.1 Å². The van der Waals surface area contributed by atoms with Gasteiger partial charge in [-0.25, -0.2) is 5.10 Å². The molecule has 0 saturated carbocycles. The molecule has 0 aliphatic heterocycles. The number of aromatic nitrogens is 3. The van der Waals surface area contributed by atoms with Gasteiger partial charge in [0, 0.05) is 11.4 Å². The van der Waals surface area contributed by atoms with Crippen LogP contribution in [0, 0.1) is 0 Å². The van der Waals surface area contributed by atoms with E-state index in [1.165, 1.54) is 5.57 Å². The second-order valence-electron chi connectivity index (χ2n) is 4.24. The van der Waals surface area contributed by atoms with Gasteiger partial charge in [-0.1, -0.05) is 23.4 Å². The number of hydrogen-bond donors (Lipinski definition) is 2. The lowest BCUT2D eigenvalue weighted by Crippen LogP contribution is -1.92. The highest BCUT2D eigenvalue weighted by Gasteiger charge is 2.04. The number of ether oxygens (including phenoxy) is 1. The van der Waals surface area contributed by atoms with E-state index in [0.717, 1.165) is 22.3 Å². The number of nitrogens with zero attached hydrogens (tertiary/aromatic N) is 2. The molecule has 1 aromatic heterocycles. The highest BCUT2D eigenvalue weighted by Crippen LogP contribution is 2.20. The smallest absolute Gasteiger partial charge is 0.223 e. The Kier molecular flexibility index (Phi) is 5.06. The average Bonchev–Trinajstić information content (AvgIpc) is 2.93. The summed E-state index contributed by atoms with van der Waals surface area (Å²) in [7, 11) is 1.65. The SMILES string of the molecule is C/C=C(\C)CSc1n[nH]c(Nc2ccc(OC)cc2)n1. The molecule has 0 fully saturated rings. The summed E-state index contributed by atoms with van der Waals surface area (Å²) in [5, 5.41) is 10.9. The summed E-state index contributed by atoms with van der Waals surface area (Å²) < 4.78 is 5.12. The number of hydrogen-bond acceptors (Lipinski definition) is 5. The van der Waals surface area contributed by atoms with E-state index in [0.29, 0.717) is 5.95 Å². The van der Waals surface area contributed by atoms with E-state index in [1.807, 2.05) is 31.2 Å². The van der Waals surface area contributed by atoms with Crippen LogP contribution in [0.4, 0.5) is 11.6 Å². The highest BCUT2D eigenvalue weighted by atomic mass is 32.2. The molecular formula is C14H18N4OS. The first-order valence-electron chi connectivity index (χ1n) is 6.29. The average molecular weight is 290 g/mol. The number of rotatable bonds is 6. The number of benzene rings is 1. The lowest BCUT2D eigenvalue weighted by atomic mass is 10.3. The Balaban J connectivity index is 1.94. The van der Waals surface area contributed by atoms with Gasteiger partial charge in [0.05, 0.1) is 7.11 Å². The zero-order valence-corrected chi connectivity index (χ0v) is 12.6. The van der Waals surface area contributed by atoms with Crippen molar-refractivity contribution in [3.05, 3.63) is 35.9 Å². The highest BCUT2D eigenvalue weighted by molar-refractivity contribution is 7.99. The summed E-state index contributed by atoms with van der Waals surface area (Å²) in [6, 6.07) is 7.64. The molecule has 0 bridgehead atoms. The zero-order chi connectivity index (χ0) is 14.4. The Morgan fingerprint density at radius 1 is 1.40 bits per heavy atom. The van der Waals surface area contributed by atoms with Crippen molar-refractivity contribution in [1.82, 2.24) is 15.2 Å². The Morgan fingerprint density at radius 3 is 2.80 bits per heavy atom. The molecule has 106 valence electrons. The number of anilines is 2. The molecule has 2 rings (SSSR count). The maximum Gasteiger partial charge on any atom is 0.223 e. The third kappa shape index (κ3) is 4.03. The predicted octanol–water partition coefficient (Wildman–Crippen LogP) is 3.62. The lowest BCUT2D eigenvalue weighted by Gasteiger charge is -2.03. The molecule has 0 radical (unpaired) electrons. The fraction of sp³-hybridized carbons (Fsp3) is 0.286. The van der Waals surface area contributed by atoms with E-state index in [2.05, 4.69) is 33.5 Å². The lowest BCUT2D eigenvalue weighted by molar-refractivity contribution is 0.415. The van der Waals surface area contributed by atoms with Crippen molar-refractivity contribution in [2.75, 3.05) is 18.2 Å². The van der Waals surface area contributed by atoms with Gasteiger partial charge < -0.3 is 10.1 Å². The van der Waals surface area contributed by atoms with E-state index in [-0.39, 0.29) is 0 Å². The normalized spacial score (nSPS) is 11.4. The number of aromatic amines is 1. The topological polar surface area (TPSA) is 62.8 Å². The van der Waals surface area contributed by atoms with E-state index in [4.69, 9.17) is 4.74 Å². The van der Waals surface area contributed by atoms with E-state index < -0.39 is 0 Å². The van der Waals surface area contributed by atoms with Crippen molar-refractivity contribution in [2.24, 2.45) is 0 Å². The number of thioether (sulfide) groups is 1. The third-order valence-electron chi connectivity index (χ3n) is 2.74. The number of allylic oxidation sites excluding steroid dienone is 1. The summed E-state index contributed by atoms with van der Waals surface area (Å²) in [5.41, 5.74) is 2.24. The molecule has 0 amide bonds. The molecule has 1 heterocycles. The maximum absolute atomic E-state index is 5.12. The van der Waals surface area contributed by atoms with Gasteiger partial charge in [0.15, 0.2) is 0 Å². The molecule has 2 N–H and O–H groups in total. The van der Waals surface area contributed by atoms with Crippen LogP contribution in [0.3, 0.4) is 0 Å². The van der Waals surface area contributed by atoms with Crippen molar-refractivity contribution in [3.8, 4) is 5.75 Å². The second-order valence-corrected chi connectivity index (χ2v) is 5.19. The number of methoxy groups -OCH3 is 1. The van der Waals surface area contributed by atoms with Crippen LogP contribution in [0.5, 0.6) is 5.75 Å². The molecule has 20 heavy (non-hydrogen) atoms. The Bertz CT molecular complexity index is 577. The Morgan fingerprint density at radius 2 is 2.15 bits per heavy atom. The minimum atomic E-state index is 0.635. The van der Waals surface area contributed by atoms with Crippen molar-refractivity contribution in [2.45, 2.75) is 19.0 Å². The molecule has 0 saturated heterocycles. The molecule has 0 aliphatic carbocycles. The van der Waals surface area contributed by atoms with E-state index in [1.54, 1.807) is 18.9 Å². The van der Waals surface area contributed by atoms with Gasteiger partial charge >= 0.3 is 0 Å². The van der Waals surface area contributed by atoms with Gasteiger partial charge in [0.1, 0.15) is 5.75 Å². The summed E-state index contributed by atoms with van der Waals surface area (Å²) in [4.78, 5) is 4.38. The van der Waals surface area contributed by atoms with Crippen LogP contribution >= 0.6 is 11.8 Å². The molecule has 6 heteroatoms. The van der Waals surface area contributed by atoms with Crippen molar-refractivity contribution >= 4 is 23.4 Å². The maximum atomic E-state index is 5.12. The molecule has 5 nitrogen and oxygen atoms in total. The molecule has 0 atom stereocenters. The first-order chi connectivity index (χ1) is 9.71. The fourth-order valence-corrected chi connectivity index (χ4v) is 2.23. The van der Waals surface area contributed by atoms with Crippen LogP contribution in [-0.2, 0) is 0 Å². The number of nitrogens with one attached hydrogen (secondary N) is 2. The minimum absolute atomic E-state index is 0.635. The molecule has 0 spiro atoms. The van der Waals surface area contributed by atoms with Crippen LogP contribution in [0.1, 0.15) is 13.8 Å². The van der Waals surface area contributed by atoms with Gasteiger partial charge in [-0.3, -0.25) is 0 Å². The Labute approximate surface area is 122 Å². The summed E-state index contributed by atoms with van der Waals surface area (Å²) in [6.07, 6.45) is 2.09. The molecule has 1 aromatic carbocycles. The van der Waals surface area contributed by atoms with Gasteiger partial charge in [0.2, 0.25) is 11.1 Å². The van der Waals surface area contributed by atoms with Gasteiger partial charge in [0.25, 0.3) is 0 Å². The van der Waals surface area contributed by atoms with Crippen molar-refractivity contribution in [3.63, 3.8) is 0 Å². The first-order valence-corrected chi connectivity index (χ1v) is 7.28. The largest absolute Gasteiger partial charge is 0.497 e. The predicted molar refractivity (Wildman–Crippen MR) is 82.8 cm³/mol. The van der Waals surface area contributed by atoms with Crippen LogP contribution in [-0.4, -0.2) is 28.0 Å². The van der Waals surface area contributed by atoms with Crippen LogP contribution in [0.2, 0.25) is 0 Å². The van der Waals surface area contributed by atoms with Gasteiger partial charge in [-0.05, 0) is 38.1 Å². The monoisotopic (exact) mass is 290 g/mol. The minimum Gasteiger partial charge on any atom is -0.497 e. The standard InChI is InChI=1S/C14H18N4OS/c1-4-10(2)9-20-14-16-13(17-18-14)15-11-5-7-12(19-3)8-6-11/h4-8H,9H2,1-3H3,(H2,15,16,17,18)/b10-4+. The fourth-order valence-electron chi connectivity index (χ4n) is 1.44. The second kappa shape index (κ2) is 7.00. The molecular weight excluding hydrogens is 272 g/mol. The summed E-state index contributed by atoms with van der Waals surface area (Å²) >= 11 is 1.61. The van der Waals surface area contributed by atoms with Gasteiger partial charge in [-0.2, -0.15) is 4.98 Å². The Hall–Kier alpha value is -1.95. The zero-order valence-electron chi connectivity index (χ0n) is 11.8. The van der Waals surface area contributed by atoms with Crippen molar-refractivity contribution in [1.29, 1.82) is 0 Å². The summed E-state index contributed by atoms with van der Waals surface area (Å²) in [5.74, 6) is 2.36. The molecule has 2 aromatic rings. The summed E-state index contributed by atoms with van der Waals surface area (Å²) in [6.45, 7) is 4.13. The van der Waals surface area contributed by atoms with Crippen molar-refractivity contribution < 1.29 is 4.74 Å². The quantitative estimate of drug-likeness (QED) is 0.628. The molecule has 0 aliphatic rings. The van der Waals surface area contributed by atoms with Crippen LogP contribution in [0.15, 0.2) is 41.1 Å². The van der Waals surface area contributed by atoms with E-state index in [9.17, 15) is 0 Å². The van der Waals surface area contributed by atoms with Gasteiger partial charge in [-0.15, -0.1) is 5.10 Å². The number of H-pyrrole nitrogens is 1.